The molecule has 0 amide bonds. The van der Waals surface area contributed by atoms with Crippen LogP contribution in [0.4, 0.5) is 0 Å². The fourth-order valence-electron chi connectivity index (χ4n) is 2.97. The van der Waals surface area contributed by atoms with Crippen molar-refractivity contribution in [3.8, 4) is 11.1 Å². The molecule has 0 radical (unpaired) electrons. The molecule has 1 nitrogen and oxygen atoms in total. The van der Waals surface area contributed by atoms with Gasteiger partial charge in [0, 0.05) is 6.61 Å². The van der Waals surface area contributed by atoms with Gasteiger partial charge in [-0.25, -0.2) is 0 Å². The molecule has 92 valence electrons. The Balaban J connectivity index is 1.94. The molecule has 2 aromatic rings. The van der Waals surface area contributed by atoms with Crippen LogP contribution in [0.1, 0.15) is 29.9 Å². The van der Waals surface area contributed by atoms with Crippen molar-refractivity contribution in [3.05, 3.63) is 59.7 Å². The Kier molecular flexibility index (Phi) is 3.16. The predicted octanol–water partition coefficient (Wildman–Crippen LogP) is 3.77. The Labute approximate surface area is 108 Å². The number of aliphatic hydroxyl groups excluding tert-OH is 1. The second-order valence-corrected chi connectivity index (χ2v) is 5.03. The molecule has 0 aromatic heterocycles. The molecule has 3 rings (SSSR count). The summed E-state index contributed by atoms with van der Waals surface area (Å²) in [4.78, 5) is 0. The van der Waals surface area contributed by atoms with E-state index in [1.54, 1.807) is 0 Å². The number of hydrogen-bond donors (Lipinski definition) is 1. The summed E-state index contributed by atoms with van der Waals surface area (Å²) in [6, 6.07) is 17.3. The third-order valence-electron chi connectivity index (χ3n) is 3.93. The maximum atomic E-state index is 9.08. The van der Waals surface area contributed by atoms with Crippen LogP contribution in [-0.4, -0.2) is 11.7 Å². The van der Waals surface area contributed by atoms with E-state index in [-0.39, 0.29) is 0 Å². The number of aryl methyl sites for hydroxylation is 1. The predicted molar refractivity (Wildman–Crippen MR) is 74.6 cm³/mol. The van der Waals surface area contributed by atoms with E-state index in [0.29, 0.717) is 12.5 Å². The second kappa shape index (κ2) is 4.95. The van der Waals surface area contributed by atoms with Gasteiger partial charge in [0.05, 0.1) is 0 Å². The Bertz CT molecular complexity index is 531. The molecule has 1 aliphatic carbocycles. The molecule has 18 heavy (non-hydrogen) atoms. The minimum atomic E-state index is 0.296. The zero-order valence-corrected chi connectivity index (χ0v) is 10.5. The zero-order chi connectivity index (χ0) is 12.4. The molecule has 0 bridgehead atoms. The molecule has 0 fully saturated rings. The summed E-state index contributed by atoms with van der Waals surface area (Å²) < 4.78 is 0. The Morgan fingerprint density at radius 3 is 2.61 bits per heavy atom. The van der Waals surface area contributed by atoms with Crippen molar-refractivity contribution in [2.24, 2.45) is 0 Å². The highest BCUT2D eigenvalue weighted by Crippen LogP contribution is 2.37. The van der Waals surface area contributed by atoms with Crippen LogP contribution in [0.25, 0.3) is 11.1 Å². The summed E-state index contributed by atoms with van der Waals surface area (Å²) in [6.45, 7) is 0.296. The highest BCUT2D eigenvalue weighted by molar-refractivity contribution is 5.65. The number of rotatable bonds is 3. The van der Waals surface area contributed by atoms with Crippen LogP contribution < -0.4 is 0 Å². The van der Waals surface area contributed by atoms with Gasteiger partial charge in [-0.3, -0.25) is 0 Å². The van der Waals surface area contributed by atoms with Crippen LogP contribution in [0.15, 0.2) is 48.5 Å². The van der Waals surface area contributed by atoms with Crippen molar-refractivity contribution in [2.45, 2.75) is 25.2 Å². The lowest BCUT2D eigenvalue weighted by molar-refractivity contribution is 0.275. The zero-order valence-electron chi connectivity index (χ0n) is 10.5. The van der Waals surface area contributed by atoms with E-state index in [1.165, 1.54) is 28.7 Å². The highest BCUT2D eigenvalue weighted by atomic mass is 16.3. The number of benzene rings is 2. The maximum absolute atomic E-state index is 9.08. The Hall–Kier alpha value is -1.60. The Morgan fingerprint density at radius 1 is 1.00 bits per heavy atom. The van der Waals surface area contributed by atoms with E-state index in [2.05, 4.69) is 42.5 Å². The van der Waals surface area contributed by atoms with Crippen LogP contribution in [0.5, 0.6) is 0 Å². The van der Waals surface area contributed by atoms with Gasteiger partial charge in [0.25, 0.3) is 0 Å². The first kappa shape index (κ1) is 11.5. The van der Waals surface area contributed by atoms with E-state index in [0.717, 1.165) is 12.8 Å². The first-order chi connectivity index (χ1) is 8.88. The van der Waals surface area contributed by atoms with Crippen molar-refractivity contribution in [1.82, 2.24) is 0 Å². The van der Waals surface area contributed by atoms with Crippen LogP contribution in [0, 0.1) is 0 Å². The lowest BCUT2D eigenvalue weighted by Gasteiger charge is -2.10. The standard InChI is InChI=1S/C17H18O/c18-11-10-14-6-7-16-12-15(8-9-17(14)16)13-4-2-1-3-5-13/h1-5,8-9,12,14,18H,6-7,10-11H2. The molecule has 1 heteroatoms. The number of fused-ring (bicyclic) bond motifs is 1. The molecular formula is C17H18O. The average Bonchev–Trinajstić information content (AvgIpc) is 2.83. The SMILES string of the molecule is OCCC1CCc2cc(-c3ccccc3)ccc21. The molecule has 0 saturated heterocycles. The van der Waals surface area contributed by atoms with Crippen LogP contribution >= 0.6 is 0 Å². The summed E-state index contributed by atoms with van der Waals surface area (Å²) >= 11 is 0. The second-order valence-electron chi connectivity index (χ2n) is 5.03. The third kappa shape index (κ3) is 2.06. The average molecular weight is 238 g/mol. The van der Waals surface area contributed by atoms with Gasteiger partial charge in [-0.15, -0.1) is 0 Å². The van der Waals surface area contributed by atoms with Gasteiger partial charge >= 0.3 is 0 Å². The first-order valence-corrected chi connectivity index (χ1v) is 6.67. The van der Waals surface area contributed by atoms with E-state index in [1.807, 2.05) is 6.07 Å². The van der Waals surface area contributed by atoms with Gasteiger partial charge in [-0.1, -0.05) is 48.5 Å². The van der Waals surface area contributed by atoms with E-state index in [4.69, 9.17) is 5.11 Å². The van der Waals surface area contributed by atoms with Crippen molar-refractivity contribution < 1.29 is 5.11 Å². The summed E-state index contributed by atoms with van der Waals surface area (Å²) in [7, 11) is 0. The molecular weight excluding hydrogens is 220 g/mol. The molecule has 2 aromatic carbocycles. The van der Waals surface area contributed by atoms with Gasteiger partial charge in [-0.2, -0.15) is 0 Å². The molecule has 0 spiro atoms. The fraction of sp³-hybridized carbons (Fsp3) is 0.294. The molecule has 0 heterocycles. The van der Waals surface area contributed by atoms with Gasteiger partial charge < -0.3 is 5.11 Å². The first-order valence-electron chi connectivity index (χ1n) is 6.67. The van der Waals surface area contributed by atoms with Crippen molar-refractivity contribution in [1.29, 1.82) is 0 Å². The normalized spacial score (nSPS) is 17.7. The molecule has 1 atom stereocenters. The lowest BCUT2D eigenvalue weighted by Crippen LogP contribution is -1.96. The van der Waals surface area contributed by atoms with Gasteiger partial charge in [0.1, 0.15) is 0 Å². The van der Waals surface area contributed by atoms with Crippen molar-refractivity contribution >= 4 is 0 Å². The molecule has 0 saturated carbocycles. The molecule has 1 unspecified atom stereocenters. The largest absolute Gasteiger partial charge is 0.396 e. The van der Waals surface area contributed by atoms with E-state index < -0.39 is 0 Å². The smallest absolute Gasteiger partial charge is 0.0436 e. The van der Waals surface area contributed by atoms with Crippen molar-refractivity contribution in [2.75, 3.05) is 6.61 Å². The van der Waals surface area contributed by atoms with Crippen molar-refractivity contribution in [3.63, 3.8) is 0 Å². The van der Waals surface area contributed by atoms with Crippen LogP contribution in [0.2, 0.25) is 0 Å². The summed E-state index contributed by atoms with van der Waals surface area (Å²) in [6.07, 6.45) is 3.24. The van der Waals surface area contributed by atoms with Crippen LogP contribution in [-0.2, 0) is 6.42 Å². The van der Waals surface area contributed by atoms with Crippen LogP contribution in [0.3, 0.4) is 0 Å². The maximum Gasteiger partial charge on any atom is 0.0436 e. The summed E-state index contributed by atoms with van der Waals surface area (Å²) in [5.41, 5.74) is 5.50. The van der Waals surface area contributed by atoms with E-state index >= 15 is 0 Å². The quantitative estimate of drug-likeness (QED) is 0.863. The Morgan fingerprint density at radius 2 is 1.83 bits per heavy atom. The summed E-state index contributed by atoms with van der Waals surface area (Å²) in [5.74, 6) is 0.565. The van der Waals surface area contributed by atoms with E-state index in [9.17, 15) is 0 Å². The fourth-order valence-corrected chi connectivity index (χ4v) is 2.97. The number of aliphatic hydroxyl groups is 1. The lowest BCUT2D eigenvalue weighted by atomic mass is 9.95. The summed E-state index contributed by atoms with van der Waals surface area (Å²) in [5, 5.41) is 9.08. The monoisotopic (exact) mass is 238 g/mol. The van der Waals surface area contributed by atoms with Gasteiger partial charge in [0.2, 0.25) is 0 Å². The minimum absolute atomic E-state index is 0.296. The topological polar surface area (TPSA) is 20.2 Å². The molecule has 1 N–H and O–H groups in total. The molecule has 0 aliphatic heterocycles. The third-order valence-corrected chi connectivity index (χ3v) is 3.93. The minimum Gasteiger partial charge on any atom is -0.396 e. The van der Waals surface area contributed by atoms with Gasteiger partial charge in [0.15, 0.2) is 0 Å². The highest BCUT2D eigenvalue weighted by Gasteiger charge is 2.21. The van der Waals surface area contributed by atoms with Gasteiger partial charge in [-0.05, 0) is 47.4 Å². The molecule has 1 aliphatic rings. The number of hydrogen-bond acceptors (Lipinski definition) is 1.